The zero-order valence-corrected chi connectivity index (χ0v) is 12.7. The fourth-order valence-electron chi connectivity index (χ4n) is 2.08. The van der Waals surface area contributed by atoms with Crippen LogP contribution in [0.15, 0.2) is 11.0 Å². The van der Waals surface area contributed by atoms with E-state index >= 15 is 0 Å². The number of thiophene rings is 1. The van der Waals surface area contributed by atoms with E-state index in [4.69, 9.17) is 28.9 Å². The molecule has 2 heterocycles. The molecule has 1 atom stereocenters. The molecule has 0 amide bonds. The number of nitrogens with zero attached hydrogens (tertiary/aromatic N) is 1. The first-order chi connectivity index (χ1) is 8.45. The fraction of sp³-hybridized carbons (Fsp3) is 0.600. The normalized spacial score (nSPS) is 22.3. The van der Waals surface area contributed by atoms with E-state index in [0.29, 0.717) is 24.0 Å². The Morgan fingerprint density at radius 1 is 1.50 bits per heavy atom. The molecule has 1 aromatic heterocycles. The Morgan fingerprint density at radius 2 is 2.22 bits per heavy atom. The Labute approximate surface area is 121 Å². The van der Waals surface area contributed by atoms with E-state index in [-0.39, 0.29) is 15.1 Å². The maximum Gasteiger partial charge on any atom is 0.245 e. The molecule has 1 aromatic rings. The van der Waals surface area contributed by atoms with Crippen LogP contribution in [0.3, 0.4) is 0 Å². The molecular formula is C10H14Cl2N2O2S2. The molecule has 0 aliphatic carbocycles. The van der Waals surface area contributed by atoms with Gasteiger partial charge in [0.2, 0.25) is 10.0 Å². The van der Waals surface area contributed by atoms with Crippen LogP contribution >= 0.6 is 34.5 Å². The van der Waals surface area contributed by atoms with Crippen molar-refractivity contribution < 1.29 is 8.42 Å². The van der Waals surface area contributed by atoms with Gasteiger partial charge in [0.1, 0.15) is 9.23 Å². The highest BCUT2D eigenvalue weighted by Gasteiger charge is 2.32. The molecule has 0 radical (unpaired) electrons. The van der Waals surface area contributed by atoms with E-state index in [1.807, 2.05) is 0 Å². The van der Waals surface area contributed by atoms with Crippen molar-refractivity contribution in [3.05, 3.63) is 14.7 Å². The standard InChI is InChI=1S/C10H14Cl2N2O2S2/c11-9-4-8(10(12)17-9)18(15,16)14-3-1-2-7(5-13)6-14/h4,7H,1-3,5-6,13H2. The minimum atomic E-state index is -3.54. The summed E-state index contributed by atoms with van der Waals surface area (Å²) in [5.74, 6) is 0.224. The van der Waals surface area contributed by atoms with Crippen LogP contribution in [-0.4, -0.2) is 32.4 Å². The minimum Gasteiger partial charge on any atom is -0.330 e. The third kappa shape index (κ3) is 2.84. The van der Waals surface area contributed by atoms with Crippen molar-refractivity contribution in [1.82, 2.24) is 4.31 Å². The number of rotatable bonds is 3. The highest BCUT2D eigenvalue weighted by Crippen LogP contribution is 2.36. The summed E-state index contributed by atoms with van der Waals surface area (Å²) in [4.78, 5) is 0.108. The van der Waals surface area contributed by atoms with Gasteiger partial charge in [-0.1, -0.05) is 23.2 Å². The lowest BCUT2D eigenvalue weighted by Gasteiger charge is -2.31. The van der Waals surface area contributed by atoms with Gasteiger partial charge < -0.3 is 5.73 Å². The van der Waals surface area contributed by atoms with Crippen molar-refractivity contribution in [2.45, 2.75) is 17.7 Å². The summed E-state index contributed by atoms with van der Waals surface area (Å²) in [5.41, 5.74) is 5.61. The van der Waals surface area contributed by atoms with Gasteiger partial charge in [0.15, 0.2) is 0 Å². The lowest BCUT2D eigenvalue weighted by Crippen LogP contribution is -2.41. The number of halogens is 2. The molecule has 0 bridgehead atoms. The second kappa shape index (κ2) is 5.64. The maximum absolute atomic E-state index is 12.4. The first-order valence-electron chi connectivity index (χ1n) is 5.60. The van der Waals surface area contributed by atoms with Crippen LogP contribution in [0.5, 0.6) is 0 Å². The number of hydrogen-bond acceptors (Lipinski definition) is 4. The Kier molecular flexibility index (Phi) is 4.57. The third-order valence-corrected chi connectivity index (χ3v) is 6.68. The summed E-state index contributed by atoms with van der Waals surface area (Å²) in [6.07, 6.45) is 1.80. The largest absolute Gasteiger partial charge is 0.330 e. The monoisotopic (exact) mass is 328 g/mol. The molecule has 4 nitrogen and oxygen atoms in total. The molecule has 0 spiro atoms. The van der Waals surface area contributed by atoms with E-state index in [1.54, 1.807) is 0 Å². The summed E-state index contributed by atoms with van der Waals surface area (Å²) in [7, 11) is -3.54. The van der Waals surface area contributed by atoms with Gasteiger partial charge in [-0.25, -0.2) is 8.42 Å². The van der Waals surface area contributed by atoms with Gasteiger partial charge in [0.05, 0.1) is 4.34 Å². The average molecular weight is 329 g/mol. The van der Waals surface area contributed by atoms with Crippen LogP contribution in [-0.2, 0) is 10.0 Å². The predicted molar refractivity (Wildman–Crippen MR) is 74.9 cm³/mol. The lowest BCUT2D eigenvalue weighted by molar-refractivity contribution is 0.271. The molecule has 1 unspecified atom stereocenters. The van der Waals surface area contributed by atoms with E-state index in [0.717, 1.165) is 24.2 Å². The predicted octanol–water partition coefficient (Wildman–Crippen LogP) is 2.41. The fourth-order valence-corrected chi connectivity index (χ4v) is 5.75. The summed E-state index contributed by atoms with van der Waals surface area (Å²) in [6.45, 7) is 1.48. The van der Waals surface area contributed by atoms with Crippen molar-refractivity contribution >= 4 is 44.6 Å². The summed E-state index contributed by atoms with van der Waals surface area (Å²) in [6, 6.07) is 1.41. The molecule has 8 heteroatoms. The maximum atomic E-state index is 12.4. The van der Waals surface area contributed by atoms with Crippen molar-refractivity contribution in [3.63, 3.8) is 0 Å². The summed E-state index contributed by atoms with van der Waals surface area (Å²) >= 11 is 12.8. The average Bonchev–Trinajstić information content (AvgIpc) is 2.69. The van der Waals surface area contributed by atoms with Crippen LogP contribution in [0.1, 0.15) is 12.8 Å². The quantitative estimate of drug-likeness (QED) is 0.926. The third-order valence-electron chi connectivity index (χ3n) is 3.06. The van der Waals surface area contributed by atoms with Crippen molar-refractivity contribution in [3.8, 4) is 0 Å². The summed E-state index contributed by atoms with van der Waals surface area (Å²) in [5, 5.41) is 0. The molecule has 102 valence electrons. The molecule has 1 aliphatic rings. The van der Waals surface area contributed by atoms with Gasteiger partial charge in [-0.2, -0.15) is 4.31 Å². The van der Waals surface area contributed by atoms with Crippen molar-refractivity contribution in [2.24, 2.45) is 11.7 Å². The van der Waals surface area contributed by atoms with Gasteiger partial charge in [0.25, 0.3) is 0 Å². The second-order valence-corrected chi connectivity index (χ2v) is 8.49. The number of nitrogens with two attached hydrogens (primary N) is 1. The van der Waals surface area contributed by atoms with E-state index < -0.39 is 10.0 Å². The van der Waals surface area contributed by atoms with Crippen molar-refractivity contribution in [1.29, 1.82) is 0 Å². The zero-order chi connectivity index (χ0) is 13.3. The molecule has 2 N–H and O–H groups in total. The van der Waals surface area contributed by atoms with E-state index in [9.17, 15) is 8.42 Å². The minimum absolute atomic E-state index is 0.108. The van der Waals surface area contributed by atoms with Crippen LogP contribution in [0.4, 0.5) is 0 Å². The van der Waals surface area contributed by atoms with Crippen LogP contribution in [0.2, 0.25) is 8.67 Å². The van der Waals surface area contributed by atoms with Crippen molar-refractivity contribution in [2.75, 3.05) is 19.6 Å². The number of sulfonamides is 1. The molecule has 1 saturated heterocycles. The van der Waals surface area contributed by atoms with Crippen LogP contribution in [0.25, 0.3) is 0 Å². The van der Waals surface area contributed by atoms with Crippen LogP contribution in [0, 0.1) is 5.92 Å². The zero-order valence-electron chi connectivity index (χ0n) is 9.60. The second-order valence-electron chi connectivity index (χ2n) is 4.30. The SMILES string of the molecule is NCC1CCCN(S(=O)(=O)c2cc(Cl)sc2Cl)C1. The van der Waals surface area contributed by atoms with E-state index in [2.05, 4.69) is 0 Å². The van der Waals surface area contributed by atoms with Gasteiger partial charge in [-0.05, 0) is 31.4 Å². The highest BCUT2D eigenvalue weighted by molar-refractivity contribution is 7.89. The first-order valence-corrected chi connectivity index (χ1v) is 8.61. The number of piperidine rings is 1. The molecule has 2 rings (SSSR count). The molecule has 1 aliphatic heterocycles. The summed E-state index contributed by atoms with van der Waals surface area (Å²) < 4.78 is 26.9. The lowest BCUT2D eigenvalue weighted by atomic mass is 10.0. The highest BCUT2D eigenvalue weighted by atomic mass is 35.5. The van der Waals surface area contributed by atoms with E-state index in [1.165, 1.54) is 10.4 Å². The molecule has 18 heavy (non-hydrogen) atoms. The molecule has 1 fully saturated rings. The van der Waals surface area contributed by atoms with Crippen LogP contribution < -0.4 is 5.73 Å². The van der Waals surface area contributed by atoms with Gasteiger partial charge >= 0.3 is 0 Å². The Morgan fingerprint density at radius 3 is 2.78 bits per heavy atom. The molecule has 0 aromatic carbocycles. The Bertz CT molecular complexity index is 530. The smallest absolute Gasteiger partial charge is 0.245 e. The molecule has 0 saturated carbocycles. The van der Waals surface area contributed by atoms with Gasteiger partial charge in [-0.3, -0.25) is 0 Å². The Hall–Kier alpha value is 0.150. The first kappa shape index (κ1) is 14.6. The topological polar surface area (TPSA) is 63.4 Å². The Balaban J connectivity index is 2.28. The van der Waals surface area contributed by atoms with Gasteiger partial charge in [-0.15, -0.1) is 11.3 Å². The van der Waals surface area contributed by atoms with Gasteiger partial charge in [0, 0.05) is 13.1 Å². The number of hydrogen-bond donors (Lipinski definition) is 1. The molecular weight excluding hydrogens is 315 g/mol.